The fourth-order valence-electron chi connectivity index (χ4n) is 0. The zero-order chi connectivity index (χ0) is 9.15. The van der Waals surface area contributed by atoms with E-state index in [4.69, 9.17) is 35.4 Å². The summed E-state index contributed by atoms with van der Waals surface area (Å²) >= 11 is 0. The second-order valence-electron chi connectivity index (χ2n) is 0.447. The molecule has 11 heavy (non-hydrogen) atoms. The van der Waals surface area contributed by atoms with Crippen molar-refractivity contribution >= 4 is 6.79 Å². The second kappa shape index (κ2) is 22.8. The molecule has 0 aliphatic carbocycles. The summed E-state index contributed by atoms with van der Waals surface area (Å²) < 4.78 is 0. The van der Waals surface area contributed by atoms with Crippen LogP contribution in [-0.2, 0) is 4.79 Å². The molecule has 0 unspecified atom stereocenters. The van der Waals surface area contributed by atoms with Gasteiger partial charge in [0.25, 0.3) is 0 Å². The maximum absolute atomic E-state index is 8.25. The SMILES string of the molecule is O=[N+]([O-])[O-].O=[N+]([O-])[O-].[CH-]=O.[Tb+3]. The van der Waals surface area contributed by atoms with Crippen molar-refractivity contribution in [2.24, 2.45) is 0 Å². The van der Waals surface area contributed by atoms with Gasteiger partial charge in [0.05, 0.1) is 10.2 Å². The third-order valence-corrected chi connectivity index (χ3v) is 0. The monoisotopic (exact) mass is 312 g/mol. The van der Waals surface area contributed by atoms with E-state index in [1.54, 1.807) is 0 Å². The van der Waals surface area contributed by atoms with E-state index in [1.165, 1.54) is 0 Å². The van der Waals surface area contributed by atoms with Crippen molar-refractivity contribution in [1.82, 2.24) is 0 Å². The molecular weight excluding hydrogens is 311 g/mol. The van der Waals surface area contributed by atoms with Gasteiger partial charge in [0, 0.05) is 0 Å². The summed E-state index contributed by atoms with van der Waals surface area (Å²) in [6, 6.07) is 0. The van der Waals surface area contributed by atoms with E-state index >= 15 is 0 Å². The zero-order valence-electron chi connectivity index (χ0n) is 4.66. The molecule has 0 heterocycles. The maximum Gasteiger partial charge on any atom is 3.00 e. The third kappa shape index (κ3) is 1220. The van der Waals surface area contributed by atoms with Crippen LogP contribution < -0.4 is 0 Å². The van der Waals surface area contributed by atoms with Gasteiger partial charge in [0.2, 0.25) is 0 Å². The first-order valence-electron chi connectivity index (χ1n) is 1.33. The normalized spacial score (nSPS) is 4.73. The topological polar surface area (TPSA) is 149 Å². The van der Waals surface area contributed by atoms with Crippen LogP contribution in [-0.4, -0.2) is 17.0 Å². The van der Waals surface area contributed by atoms with Gasteiger partial charge >= 0.3 is 38.6 Å². The predicted molar refractivity (Wildman–Crippen MR) is 27.5 cm³/mol. The molecule has 0 aromatic carbocycles. The van der Waals surface area contributed by atoms with E-state index in [-0.39, 0.29) is 38.6 Å². The van der Waals surface area contributed by atoms with Gasteiger partial charge in [-0.05, 0) is 0 Å². The summed E-state index contributed by atoms with van der Waals surface area (Å²) in [5.74, 6) is 0. The minimum atomic E-state index is -1.75. The molecule has 0 saturated heterocycles. The van der Waals surface area contributed by atoms with Crippen molar-refractivity contribution in [3.05, 3.63) is 30.6 Å². The Morgan fingerprint density at radius 2 is 0.818 bits per heavy atom. The molecule has 0 bridgehead atoms. The fourth-order valence-corrected chi connectivity index (χ4v) is 0. The van der Waals surface area contributed by atoms with Crippen LogP contribution in [0.15, 0.2) is 0 Å². The molecule has 0 aliphatic heterocycles. The molecule has 10 heteroatoms. The van der Waals surface area contributed by atoms with E-state index in [2.05, 4.69) is 6.79 Å². The fraction of sp³-hybridized carbons (Fsp3) is 0. The molecule has 0 aromatic heterocycles. The van der Waals surface area contributed by atoms with Gasteiger partial charge in [0.1, 0.15) is 0 Å². The Morgan fingerprint density at radius 3 is 0.818 bits per heavy atom. The molecule has 0 atom stereocenters. The molecular formula is CHN2O7Tb. The van der Waals surface area contributed by atoms with Gasteiger partial charge in [-0.15, -0.1) is 0 Å². The van der Waals surface area contributed by atoms with Crippen molar-refractivity contribution in [2.45, 2.75) is 0 Å². The number of rotatable bonds is 0. The minimum absolute atomic E-state index is 0. The van der Waals surface area contributed by atoms with E-state index < -0.39 is 10.2 Å². The van der Waals surface area contributed by atoms with Crippen molar-refractivity contribution < 1.29 is 53.6 Å². The first-order chi connectivity index (χ1) is 4.46. The second-order valence-corrected chi connectivity index (χ2v) is 0.447. The van der Waals surface area contributed by atoms with Crippen molar-refractivity contribution in [2.75, 3.05) is 0 Å². The average Bonchev–Trinajstić information content (AvgIpc) is 1.66. The number of nitrogens with zero attached hydrogens (tertiary/aromatic N) is 2. The van der Waals surface area contributed by atoms with Crippen LogP contribution in [0.5, 0.6) is 0 Å². The van der Waals surface area contributed by atoms with Crippen LogP contribution in [0.4, 0.5) is 0 Å². The van der Waals surface area contributed by atoms with Gasteiger partial charge < -0.3 is 35.4 Å². The number of carbonyl (C=O) groups excluding carboxylic acids is 1. The van der Waals surface area contributed by atoms with E-state index in [1.807, 2.05) is 0 Å². The Morgan fingerprint density at radius 1 is 0.818 bits per heavy atom. The molecule has 0 aliphatic rings. The molecule has 9 nitrogen and oxygen atoms in total. The van der Waals surface area contributed by atoms with Gasteiger partial charge in [-0.3, -0.25) is 6.79 Å². The van der Waals surface area contributed by atoms with Gasteiger partial charge in [-0.25, -0.2) is 0 Å². The van der Waals surface area contributed by atoms with Crippen LogP contribution in [0.3, 0.4) is 0 Å². The van der Waals surface area contributed by atoms with Crippen LogP contribution in [0, 0.1) is 69.3 Å². The summed E-state index contributed by atoms with van der Waals surface area (Å²) in [6.07, 6.45) is 0. The Hall–Kier alpha value is -0.644. The maximum atomic E-state index is 8.25. The van der Waals surface area contributed by atoms with E-state index in [9.17, 15) is 0 Å². The van der Waals surface area contributed by atoms with Crippen molar-refractivity contribution in [3.8, 4) is 0 Å². The summed E-state index contributed by atoms with van der Waals surface area (Å²) in [5.41, 5.74) is 0. The van der Waals surface area contributed by atoms with Crippen molar-refractivity contribution in [3.63, 3.8) is 0 Å². The van der Waals surface area contributed by atoms with Crippen molar-refractivity contribution in [1.29, 1.82) is 0 Å². The van der Waals surface area contributed by atoms with Crippen LogP contribution >= 0.6 is 0 Å². The molecule has 0 rings (SSSR count). The largest absolute Gasteiger partial charge is 3.00 e. The number of hydrogen-bond acceptors (Lipinski definition) is 7. The molecule has 0 amide bonds. The van der Waals surface area contributed by atoms with Crippen LogP contribution in [0.2, 0.25) is 0 Å². The predicted octanol–water partition coefficient (Wildman–Crippen LogP) is -0.752. The molecule has 0 N–H and O–H groups in total. The molecule has 0 radical (unpaired) electrons. The molecule has 0 spiro atoms. The first kappa shape index (κ1) is 22.4. The van der Waals surface area contributed by atoms with E-state index in [0.717, 1.165) is 0 Å². The molecule has 0 saturated carbocycles. The third-order valence-electron chi connectivity index (χ3n) is 0. The summed E-state index contributed by atoms with van der Waals surface area (Å²) in [7, 11) is 0. The Labute approximate surface area is 90.7 Å². The summed E-state index contributed by atoms with van der Waals surface area (Å²) in [5, 5.41) is 29.5. The van der Waals surface area contributed by atoms with Gasteiger partial charge in [-0.1, -0.05) is 0 Å². The Balaban J connectivity index is -0.0000000339. The first-order valence-corrected chi connectivity index (χ1v) is 1.33. The van der Waals surface area contributed by atoms with E-state index in [0.29, 0.717) is 0 Å². The molecule has 0 aromatic rings. The Kier molecular flexibility index (Phi) is 46.5. The standard InChI is InChI=1S/CHO.2NO3.Tb/c1-2;2*2-1(3)4;/h1H;;;/q3*-1;+3. The van der Waals surface area contributed by atoms with Gasteiger partial charge in [-0.2, -0.15) is 0 Å². The van der Waals surface area contributed by atoms with Crippen LogP contribution in [0.1, 0.15) is 0 Å². The average molecular weight is 312 g/mol. The molecule has 0 fully saturated rings. The smallest absolute Gasteiger partial charge is 0.545 e. The summed E-state index contributed by atoms with van der Waals surface area (Å²) in [6.45, 7) is 3.25. The summed E-state index contributed by atoms with van der Waals surface area (Å²) in [4.78, 5) is 24.2. The zero-order valence-corrected chi connectivity index (χ0v) is 6.80. The quantitative estimate of drug-likeness (QED) is 0.247. The van der Waals surface area contributed by atoms with Gasteiger partial charge in [0.15, 0.2) is 0 Å². The minimum Gasteiger partial charge on any atom is -0.545 e. The molecule has 66 valence electrons. The Bertz CT molecular complexity index is 84.6. The number of hydrogen-bond donors (Lipinski definition) is 0. The van der Waals surface area contributed by atoms with Crippen LogP contribution in [0.25, 0.3) is 0 Å².